The van der Waals surface area contributed by atoms with Crippen molar-refractivity contribution in [3.05, 3.63) is 69.2 Å². The fourth-order valence-corrected chi connectivity index (χ4v) is 1.82. The van der Waals surface area contributed by atoms with Crippen molar-refractivity contribution in [3.63, 3.8) is 0 Å². The summed E-state index contributed by atoms with van der Waals surface area (Å²) in [5.74, 6) is -0.0442. The number of carbonyl (C=O) groups excluding carboxylic acids is 1. The van der Waals surface area contributed by atoms with Crippen molar-refractivity contribution in [2.45, 2.75) is 6.54 Å². The molecule has 0 fully saturated rings. The third-order valence-corrected chi connectivity index (χ3v) is 3.05. The number of amides is 1. The standard InChI is InChI=1S/C15H13ClN2O4/c16-12-6-4-11(5-7-12)9-17-15(19)10-22-14-3-1-2-13(8-14)18(20)21/h1-8H,9-10H2,(H,17,19). The Morgan fingerprint density at radius 1 is 1.23 bits per heavy atom. The highest BCUT2D eigenvalue weighted by Crippen LogP contribution is 2.18. The Kier molecular flexibility index (Phi) is 5.32. The van der Waals surface area contributed by atoms with Gasteiger partial charge in [0.2, 0.25) is 0 Å². The van der Waals surface area contributed by atoms with Crippen molar-refractivity contribution < 1.29 is 14.5 Å². The lowest BCUT2D eigenvalue weighted by Crippen LogP contribution is -2.28. The highest BCUT2D eigenvalue weighted by atomic mass is 35.5. The summed E-state index contributed by atoms with van der Waals surface area (Å²) in [6, 6.07) is 12.8. The molecule has 0 bridgehead atoms. The minimum absolute atomic E-state index is 0.0842. The maximum absolute atomic E-state index is 11.7. The summed E-state index contributed by atoms with van der Waals surface area (Å²) < 4.78 is 5.23. The Labute approximate surface area is 131 Å². The van der Waals surface area contributed by atoms with E-state index in [2.05, 4.69) is 5.32 Å². The molecule has 1 amide bonds. The average molecular weight is 321 g/mol. The smallest absolute Gasteiger partial charge is 0.273 e. The van der Waals surface area contributed by atoms with Crippen LogP contribution in [0.3, 0.4) is 0 Å². The topological polar surface area (TPSA) is 81.5 Å². The maximum Gasteiger partial charge on any atom is 0.273 e. The number of nitrogens with zero attached hydrogens (tertiary/aromatic N) is 1. The number of ether oxygens (including phenoxy) is 1. The molecule has 2 aromatic carbocycles. The number of benzene rings is 2. The van der Waals surface area contributed by atoms with Crippen LogP contribution in [0.25, 0.3) is 0 Å². The van der Waals surface area contributed by atoms with Crippen molar-refractivity contribution in [2.75, 3.05) is 6.61 Å². The van der Waals surface area contributed by atoms with Gasteiger partial charge in [-0.1, -0.05) is 29.8 Å². The van der Waals surface area contributed by atoms with Crippen LogP contribution in [0.4, 0.5) is 5.69 Å². The third-order valence-electron chi connectivity index (χ3n) is 2.80. The molecular formula is C15H13ClN2O4. The Balaban J connectivity index is 1.81. The van der Waals surface area contributed by atoms with Gasteiger partial charge in [-0.2, -0.15) is 0 Å². The normalized spacial score (nSPS) is 10.0. The van der Waals surface area contributed by atoms with E-state index < -0.39 is 4.92 Å². The van der Waals surface area contributed by atoms with E-state index in [0.29, 0.717) is 11.6 Å². The van der Waals surface area contributed by atoms with Crippen LogP contribution in [-0.2, 0) is 11.3 Å². The highest BCUT2D eigenvalue weighted by Gasteiger charge is 2.08. The molecule has 0 aromatic heterocycles. The quantitative estimate of drug-likeness (QED) is 0.655. The highest BCUT2D eigenvalue weighted by molar-refractivity contribution is 6.30. The maximum atomic E-state index is 11.7. The molecule has 0 aliphatic rings. The van der Waals surface area contributed by atoms with Gasteiger partial charge >= 0.3 is 0 Å². The predicted octanol–water partition coefficient (Wildman–Crippen LogP) is 2.94. The van der Waals surface area contributed by atoms with Crippen LogP contribution < -0.4 is 10.1 Å². The second-order valence-electron chi connectivity index (χ2n) is 4.45. The van der Waals surface area contributed by atoms with E-state index in [-0.39, 0.29) is 24.0 Å². The van der Waals surface area contributed by atoms with Gasteiger partial charge in [0.15, 0.2) is 6.61 Å². The molecular weight excluding hydrogens is 308 g/mol. The molecule has 0 saturated carbocycles. The minimum atomic E-state index is -0.520. The fourth-order valence-electron chi connectivity index (χ4n) is 1.69. The van der Waals surface area contributed by atoms with Gasteiger partial charge < -0.3 is 10.1 Å². The summed E-state index contributed by atoms with van der Waals surface area (Å²) in [4.78, 5) is 21.8. The predicted molar refractivity (Wildman–Crippen MR) is 81.9 cm³/mol. The zero-order valence-corrected chi connectivity index (χ0v) is 12.2. The summed E-state index contributed by atoms with van der Waals surface area (Å²) in [5, 5.41) is 13.9. The second-order valence-corrected chi connectivity index (χ2v) is 4.88. The van der Waals surface area contributed by atoms with Gasteiger partial charge in [0.1, 0.15) is 5.75 Å². The van der Waals surface area contributed by atoms with Crippen molar-refractivity contribution in [1.29, 1.82) is 0 Å². The molecule has 0 unspecified atom stereocenters. The Bertz CT molecular complexity index is 673. The van der Waals surface area contributed by atoms with E-state index in [0.717, 1.165) is 5.56 Å². The number of nitro benzene ring substituents is 1. The molecule has 2 rings (SSSR count). The molecule has 6 nitrogen and oxygen atoms in total. The summed E-state index contributed by atoms with van der Waals surface area (Å²) >= 11 is 5.77. The lowest BCUT2D eigenvalue weighted by Gasteiger charge is -2.07. The van der Waals surface area contributed by atoms with E-state index in [1.165, 1.54) is 18.2 Å². The monoisotopic (exact) mass is 320 g/mol. The molecule has 0 saturated heterocycles. The van der Waals surface area contributed by atoms with Crippen molar-refractivity contribution >= 4 is 23.2 Å². The van der Waals surface area contributed by atoms with E-state index in [9.17, 15) is 14.9 Å². The largest absolute Gasteiger partial charge is 0.484 e. The van der Waals surface area contributed by atoms with Crippen LogP contribution in [0.5, 0.6) is 5.75 Å². The van der Waals surface area contributed by atoms with E-state index in [4.69, 9.17) is 16.3 Å². The molecule has 1 N–H and O–H groups in total. The number of halogens is 1. The fraction of sp³-hybridized carbons (Fsp3) is 0.133. The van der Waals surface area contributed by atoms with Gasteiger partial charge in [-0.05, 0) is 23.8 Å². The van der Waals surface area contributed by atoms with Crippen LogP contribution in [0.1, 0.15) is 5.56 Å². The van der Waals surface area contributed by atoms with Gasteiger partial charge in [-0.3, -0.25) is 14.9 Å². The first-order chi connectivity index (χ1) is 10.5. The number of hydrogen-bond donors (Lipinski definition) is 1. The van der Waals surface area contributed by atoms with E-state index >= 15 is 0 Å². The first kappa shape index (κ1) is 15.8. The Morgan fingerprint density at radius 2 is 1.95 bits per heavy atom. The lowest BCUT2D eigenvalue weighted by molar-refractivity contribution is -0.384. The molecule has 7 heteroatoms. The van der Waals surface area contributed by atoms with Crippen LogP contribution in [0.15, 0.2) is 48.5 Å². The summed E-state index contributed by atoms with van der Waals surface area (Å²) in [7, 11) is 0. The molecule has 0 atom stereocenters. The van der Waals surface area contributed by atoms with Gasteiger partial charge in [0, 0.05) is 17.6 Å². The van der Waals surface area contributed by atoms with Crippen LogP contribution >= 0.6 is 11.6 Å². The molecule has 0 aliphatic carbocycles. The first-order valence-electron chi connectivity index (χ1n) is 6.43. The van der Waals surface area contributed by atoms with Crippen LogP contribution in [0.2, 0.25) is 5.02 Å². The van der Waals surface area contributed by atoms with Crippen LogP contribution in [-0.4, -0.2) is 17.4 Å². The number of nitrogens with one attached hydrogen (secondary N) is 1. The molecule has 114 valence electrons. The Hall–Kier alpha value is -2.60. The number of hydrogen-bond acceptors (Lipinski definition) is 4. The SMILES string of the molecule is O=C(COc1cccc([N+](=O)[O-])c1)NCc1ccc(Cl)cc1. The van der Waals surface area contributed by atoms with Crippen molar-refractivity contribution in [2.24, 2.45) is 0 Å². The molecule has 2 aromatic rings. The number of rotatable bonds is 6. The average Bonchev–Trinajstić information content (AvgIpc) is 2.52. The van der Waals surface area contributed by atoms with Crippen LogP contribution in [0, 0.1) is 10.1 Å². The first-order valence-corrected chi connectivity index (χ1v) is 6.81. The second kappa shape index (κ2) is 7.42. The molecule has 0 heterocycles. The minimum Gasteiger partial charge on any atom is -0.484 e. The number of non-ortho nitro benzene ring substituents is 1. The molecule has 0 aliphatic heterocycles. The summed E-state index contributed by atoms with van der Waals surface area (Å²) in [6.07, 6.45) is 0. The van der Waals surface area contributed by atoms with Crippen molar-refractivity contribution in [3.8, 4) is 5.75 Å². The van der Waals surface area contributed by atoms with E-state index in [1.807, 2.05) is 12.1 Å². The summed E-state index contributed by atoms with van der Waals surface area (Å²) in [6.45, 7) is 0.142. The van der Waals surface area contributed by atoms with Gasteiger partial charge in [-0.25, -0.2) is 0 Å². The third kappa shape index (κ3) is 4.75. The van der Waals surface area contributed by atoms with E-state index in [1.54, 1.807) is 18.2 Å². The molecule has 0 radical (unpaired) electrons. The summed E-state index contributed by atoms with van der Waals surface area (Å²) in [5.41, 5.74) is 0.826. The van der Waals surface area contributed by atoms with Crippen molar-refractivity contribution in [1.82, 2.24) is 5.32 Å². The van der Waals surface area contributed by atoms with Gasteiger partial charge in [-0.15, -0.1) is 0 Å². The zero-order chi connectivity index (χ0) is 15.9. The zero-order valence-electron chi connectivity index (χ0n) is 11.5. The van der Waals surface area contributed by atoms with Gasteiger partial charge in [0.25, 0.3) is 11.6 Å². The Morgan fingerprint density at radius 3 is 2.64 bits per heavy atom. The number of carbonyl (C=O) groups is 1. The number of nitro groups is 1. The van der Waals surface area contributed by atoms with Gasteiger partial charge in [0.05, 0.1) is 11.0 Å². The molecule has 0 spiro atoms. The lowest BCUT2D eigenvalue weighted by atomic mass is 10.2. The molecule has 22 heavy (non-hydrogen) atoms.